The molecule has 8 nitrogen and oxygen atoms in total. The summed E-state index contributed by atoms with van der Waals surface area (Å²) < 4.78 is 5.42. The number of aromatic nitrogens is 3. The van der Waals surface area contributed by atoms with Crippen molar-refractivity contribution in [2.24, 2.45) is 0 Å². The van der Waals surface area contributed by atoms with Crippen LogP contribution < -0.4 is 5.32 Å². The van der Waals surface area contributed by atoms with Gasteiger partial charge in [0.15, 0.2) is 0 Å². The van der Waals surface area contributed by atoms with Gasteiger partial charge in [0.25, 0.3) is 5.91 Å². The number of hydrogen-bond donors (Lipinski definition) is 2. The number of likely N-dealkylation sites (tertiary alicyclic amines) is 1. The smallest absolute Gasteiger partial charge is 0.253 e. The first-order valence-electron chi connectivity index (χ1n) is 12.5. The van der Waals surface area contributed by atoms with E-state index in [1.54, 1.807) is 13.3 Å². The first-order valence-corrected chi connectivity index (χ1v) is 12.5. The normalized spacial score (nSPS) is 19.8. The Morgan fingerprint density at radius 1 is 1.22 bits per heavy atom. The molecule has 36 heavy (non-hydrogen) atoms. The topological polar surface area (TPSA) is 100 Å². The zero-order chi connectivity index (χ0) is 25.3. The summed E-state index contributed by atoms with van der Waals surface area (Å²) in [6, 6.07) is 9.63. The molecular weight excluding hydrogens is 454 g/mol. The summed E-state index contributed by atoms with van der Waals surface area (Å²) in [5, 5.41) is 13.2. The van der Waals surface area contributed by atoms with Gasteiger partial charge in [-0.1, -0.05) is 6.92 Å². The SMILES string of the molecule is COC1CCN(C(=O)c2ccc(Nc3nccc(-c4cnc5c(c4)C(C)(CO)CC5)n3)c(C)c2)CC1. The Morgan fingerprint density at radius 3 is 2.75 bits per heavy atom. The molecule has 1 unspecified atom stereocenters. The molecule has 1 saturated heterocycles. The maximum atomic E-state index is 13.0. The van der Waals surface area contributed by atoms with E-state index in [1.807, 2.05) is 42.3 Å². The van der Waals surface area contributed by atoms with Gasteiger partial charge in [-0.3, -0.25) is 9.78 Å². The number of piperidine rings is 1. The Hall–Kier alpha value is -3.36. The molecule has 5 rings (SSSR count). The number of rotatable bonds is 6. The summed E-state index contributed by atoms with van der Waals surface area (Å²) in [7, 11) is 1.73. The fourth-order valence-corrected chi connectivity index (χ4v) is 5.16. The predicted octanol–water partition coefficient (Wildman–Crippen LogP) is 4.04. The number of aryl methyl sites for hydroxylation is 2. The van der Waals surface area contributed by atoms with Crippen molar-refractivity contribution in [1.29, 1.82) is 0 Å². The molecule has 188 valence electrons. The van der Waals surface area contributed by atoms with Crippen LogP contribution in [0.15, 0.2) is 42.7 Å². The summed E-state index contributed by atoms with van der Waals surface area (Å²) in [4.78, 5) is 28.6. The maximum absolute atomic E-state index is 13.0. The van der Waals surface area contributed by atoms with Gasteiger partial charge in [0.2, 0.25) is 5.95 Å². The standard InChI is InChI=1S/C28H33N5O3/c1-18-14-19(26(35)33-12-8-21(36-3)9-13-33)4-5-23(18)31-27-29-11-7-24(32-27)20-15-22-25(30-16-20)6-10-28(22,2)17-34/h4-5,7,11,14-16,21,34H,6,8-10,12-13,17H2,1-3H3,(H,29,31,32). The first-order chi connectivity index (χ1) is 17.4. The number of hydrogen-bond acceptors (Lipinski definition) is 7. The van der Waals surface area contributed by atoms with E-state index in [-0.39, 0.29) is 24.0 Å². The Bertz CT molecular complexity index is 1270. The third-order valence-electron chi connectivity index (χ3n) is 7.62. The van der Waals surface area contributed by atoms with Crippen molar-refractivity contribution in [3.8, 4) is 11.3 Å². The highest BCUT2D eigenvalue weighted by molar-refractivity contribution is 5.95. The van der Waals surface area contributed by atoms with Gasteiger partial charge in [-0.25, -0.2) is 9.97 Å². The number of aliphatic hydroxyl groups excluding tert-OH is 1. The number of nitrogens with one attached hydrogen (secondary N) is 1. The molecule has 1 aliphatic heterocycles. The summed E-state index contributed by atoms with van der Waals surface area (Å²) in [6.45, 7) is 5.58. The van der Waals surface area contributed by atoms with Gasteiger partial charge in [-0.05, 0) is 74.1 Å². The highest BCUT2D eigenvalue weighted by Crippen LogP contribution is 2.39. The minimum Gasteiger partial charge on any atom is -0.395 e. The fourth-order valence-electron chi connectivity index (χ4n) is 5.16. The van der Waals surface area contributed by atoms with Crippen LogP contribution in [0.3, 0.4) is 0 Å². The van der Waals surface area contributed by atoms with Gasteiger partial charge in [-0.2, -0.15) is 0 Å². The maximum Gasteiger partial charge on any atom is 0.253 e. The van der Waals surface area contributed by atoms with Crippen LogP contribution in [-0.2, 0) is 16.6 Å². The minimum atomic E-state index is -0.261. The van der Waals surface area contributed by atoms with Crippen molar-refractivity contribution in [2.45, 2.75) is 51.0 Å². The van der Waals surface area contributed by atoms with Gasteiger partial charge in [0.05, 0.1) is 18.4 Å². The van der Waals surface area contributed by atoms with E-state index >= 15 is 0 Å². The Balaban J connectivity index is 1.32. The average molecular weight is 488 g/mol. The van der Waals surface area contributed by atoms with E-state index in [2.05, 4.69) is 28.3 Å². The minimum absolute atomic E-state index is 0.0523. The molecule has 1 atom stereocenters. The van der Waals surface area contributed by atoms with Crippen LogP contribution in [0.1, 0.15) is 53.4 Å². The molecule has 3 heterocycles. The summed E-state index contributed by atoms with van der Waals surface area (Å²) in [5.74, 6) is 0.526. The summed E-state index contributed by atoms with van der Waals surface area (Å²) in [6.07, 6.45) is 7.32. The Kier molecular flexibility index (Phi) is 6.73. The first kappa shape index (κ1) is 24.3. The lowest BCUT2D eigenvalue weighted by Gasteiger charge is -2.31. The van der Waals surface area contributed by atoms with E-state index < -0.39 is 0 Å². The van der Waals surface area contributed by atoms with Crippen molar-refractivity contribution in [3.05, 3.63) is 65.1 Å². The quantitative estimate of drug-likeness (QED) is 0.541. The van der Waals surface area contributed by atoms with E-state index in [1.165, 1.54) is 0 Å². The molecule has 0 saturated carbocycles. The van der Waals surface area contributed by atoms with Crippen LogP contribution in [0.5, 0.6) is 0 Å². The zero-order valence-electron chi connectivity index (χ0n) is 21.1. The number of anilines is 2. The molecule has 2 aliphatic rings. The molecule has 1 amide bonds. The molecule has 0 spiro atoms. The van der Waals surface area contributed by atoms with Crippen LogP contribution in [0.2, 0.25) is 0 Å². The summed E-state index contributed by atoms with van der Waals surface area (Å²) >= 11 is 0. The van der Waals surface area contributed by atoms with E-state index in [0.29, 0.717) is 24.6 Å². The number of pyridine rings is 1. The Morgan fingerprint density at radius 2 is 2.03 bits per heavy atom. The number of carbonyl (C=O) groups is 1. The van der Waals surface area contributed by atoms with Crippen molar-refractivity contribution >= 4 is 17.5 Å². The third-order valence-corrected chi connectivity index (χ3v) is 7.62. The lowest BCUT2D eigenvalue weighted by atomic mass is 9.85. The second-order valence-electron chi connectivity index (χ2n) is 10.1. The molecule has 0 bridgehead atoms. The monoisotopic (exact) mass is 487 g/mol. The lowest BCUT2D eigenvalue weighted by Crippen LogP contribution is -2.40. The third kappa shape index (κ3) is 4.70. The van der Waals surface area contributed by atoms with Gasteiger partial charge < -0.3 is 20.1 Å². The van der Waals surface area contributed by atoms with Crippen LogP contribution in [0.4, 0.5) is 11.6 Å². The van der Waals surface area contributed by atoms with Crippen LogP contribution >= 0.6 is 0 Å². The molecule has 1 aliphatic carbocycles. The van der Waals surface area contributed by atoms with Crippen LogP contribution in [-0.4, -0.2) is 63.8 Å². The van der Waals surface area contributed by atoms with E-state index in [0.717, 1.165) is 59.4 Å². The van der Waals surface area contributed by atoms with E-state index in [9.17, 15) is 9.90 Å². The number of ether oxygens (including phenoxy) is 1. The number of carbonyl (C=O) groups excluding carboxylic acids is 1. The largest absolute Gasteiger partial charge is 0.395 e. The van der Waals surface area contributed by atoms with Crippen LogP contribution in [0, 0.1) is 6.92 Å². The molecule has 1 aromatic carbocycles. The van der Waals surface area contributed by atoms with E-state index in [4.69, 9.17) is 9.72 Å². The number of aliphatic hydroxyl groups is 1. The zero-order valence-corrected chi connectivity index (χ0v) is 21.1. The lowest BCUT2D eigenvalue weighted by molar-refractivity contribution is 0.0350. The molecule has 2 aromatic heterocycles. The van der Waals surface area contributed by atoms with Crippen molar-refractivity contribution in [1.82, 2.24) is 19.9 Å². The molecule has 0 radical (unpaired) electrons. The highest BCUT2D eigenvalue weighted by atomic mass is 16.5. The Labute approximate surface area is 211 Å². The predicted molar refractivity (Wildman–Crippen MR) is 138 cm³/mol. The molecule has 2 N–H and O–H groups in total. The van der Waals surface area contributed by atoms with Crippen molar-refractivity contribution in [2.75, 3.05) is 32.1 Å². The summed E-state index contributed by atoms with van der Waals surface area (Å²) in [5.41, 5.74) is 6.02. The number of benzene rings is 1. The van der Waals surface area contributed by atoms with Crippen LogP contribution in [0.25, 0.3) is 11.3 Å². The molecule has 8 heteroatoms. The molecule has 3 aromatic rings. The van der Waals surface area contributed by atoms with Gasteiger partial charge in [-0.15, -0.1) is 0 Å². The molecular formula is C28H33N5O3. The number of nitrogens with zero attached hydrogens (tertiary/aromatic N) is 4. The number of amides is 1. The fraction of sp³-hybridized carbons (Fsp3) is 0.429. The van der Waals surface area contributed by atoms with Gasteiger partial charge >= 0.3 is 0 Å². The highest BCUT2D eigenvalue weighted by Gasteiger charge is 2.35. The van der Waals surface area contributed by atoms with Crippen molar-refractivity contribution < 1.29 is 14.6 Å². The number of fused-ring (bicyclic) bond motifs is 1. The molecule has 1 fully saturated rings. The second-order valence-corrected chi connectivity index (χ2v) is 10.1. The number of methoxy groups -OCH3 is 1. The van der Waals surface area contributed by atoms with Gasteiger partial charge in [0.1, 0.15) is 0 Å². The van der Waals surface area contributed by atoms with Gasteiger partial charge in [0, 0.05) is 60.5 Å². The second kappa shape index (κ2) is 9.95. The average Bonchev–Trinajstić information content (AvgIpc) is 3.26. The van der Waals surface area contributed by atoms with Crippen molar-refractivity contribution in [3.63, 3.8) is 0 Å².